The summed E-state index contributed by atoms with van der Waals surface area (Å²) in [5.74, 6) is -0.614. The van der Waals surface area contributed by atoms with Crippen LogP contribution in [0.4, 0.5) is 24.5 Å². The van der Waals surface area contributed by atoms with Gasteiger partial charge in [0.2, 0.25) is 17.7 Å². The molecule has 2 aromatic carbocycles. The molecule has 3 amide bonds. The zero-order valence-corrected chi connectivity index (χ0v) is 22.1. The Bertz CT molecular complexity index is 1180. The fraction of sp³-hybridized carbons (Fsp3) is 0.464. The smallest absolute Gasteiger partial charge is 0.369 e. The van der Waals surface area contributed by atoms with Crippen LogP contribution in [0.3, 0.4) is 0 Å². The number of nitrogens with one attached hydrogen (secondary N) is 2. The number of nitrogens with zero attached hydrogens (tertiary/aromatic N) is 3. The molecule has 1 atom stereocenters. The van der Waals surface area contributed by atoms with Crippen LogP contribution in [0.1, 0.15) is 37.3 Å². The van der Waals surface area contributed by atoms with Gasteiger partial charge in [-0.05, 0) is 41.8 Å². The summed E-state index contributed by atoms with van der Waals surface area (Å²) >= 11 is 0. The van der Waals surface area contributed by atoms with E-state index in [9.17, 15) is 27.6 Å². The number of carbonyl (C=O) groups is 3. The summed E-state index contributed by atoms with van der Waals surface area (Å²) in [4.78, 5) is 43.8. The molecule has 39 heavy (non-hydrogen) atoms. The van der Waals surface area contributed by atoms with Gasteiger partial charge in [-0.3, -0.25) is 19.3 Å². The van der Waals surface area contributed by atoms with Gasteiger partial charge in [-0.25, -0.2) is 0 Å². The molecule has 2 aliphatic heterocycles. The second kappa shape index (κ2) is 12.1. The highest BCUT2D eigenvalue weighted by Crippen LogP contribution is 2.32. The van der Waals surface area contributed by atoms with Gasteiger partial charge in [0.1, 0.15) is 6.04 Å². The van der Waals surface area contributed by atoms with Crippen LogP contribution in [0.25, 0.3) is 0 Å². The third kappa shape index (κ3) is 7.29. The lowest BCUT2D eigenvalue weighted by molar-refractivity contribution is -0.145. The largest absolute Gasteiger partial charge is 0.416 e. The summed E-state index contributed by atoms with van der Waals surface area (Å²) < 4.78 is 39.2. The molecule has 2 heterocycles. The molecule has 2 N–H and O–H groups in total. The topological polar surface area (TPSA) is 85.0 Å². The maximum absolute atomic E-state index is 13.2. The van der Waals surface area contributed by atoms with Crippen molar-refractivity contribution < 1.29 is 27.6 Å². The van der Waals surface area contributed by atoms with Gasteiger partial charge >= 0.3 is 6.18 Å². The molecule has 2 aromatic rings. The molecule has 4 rings (SSSR count). The SMILES string of the molecule is CC(C)c1ccc(NC(=O)C[C@@H]2C(=O)NCCN2C(=O)CN2CCN(c3cccc(C(F)(F)F)c3)CC2)cc1. The van der Waals surface area contributed by atoms with E-state index in [4.69, 9.17) is 0 Å². The standard InChI is InChI=1S/C28H34F3N5O3/c1-19(2)20-6-8-22(9-7-20)33-25(37)17-24-27(39)32-10-11-36(24)26(38)18-34-12-14-35(15-13-34)23-5-3-4-21(16-23)28(29,30)31/h3-9,16,19,24H,10-15,17-18H2,1-2H3,(H,32,39)(H,33,37)/t24-/m1/s1. The summed E-state index contributed by atoms with van der Waals surface area (Å²) in [6, 6.07) is 11.8. The van der Waals surface area contributed by atoms with Crippen molar-refractivity contribution >= 4 is 29.1 Å². The molecule has 0 aromatic heterocycles. The number of benzene rings is 2. The number of alkyl halides is 3. The fourth-order valence-corrected chi connectivity index (χ4v) is 4.88. The van der Waals surface area contributed by atoms with Crippen molar-refractivity contribution in [2.75, 3.05) is 56.0 Å². The van der Waals surface area contributed by atoms with Gasteiger partial charge in [0.05, 0.1) is 18.5 Å². The average molecular weight is 546 g/mol. The fourth-order valence-electron chi connectivity index (χ4n) is 4.88. The molecule has 0 radical (unpaired) electrons. The van der Waals surface area contributed by atoms with Gasteiger partial charge in [-0.15, -0.1) is 0 Å². The first-order valence-electron chi connectivity index (χ1n) is 13.1. The van der Waals surface area contributed by atoms with Crippen molar-refractivity contribution in [1.82, 2.24) is 15.1 Å². The molecule has 0 aliphatic carbocycles. The minimum atomic E-state index is -4.41. The minimum absolute atomic E-state index is 0.0680. The number of rotatable bonds is 7. The maximum Gasteiger partial charge on any atom is 0.416 e. The van der Waals surface area contributed by atoms with Gasteiger partial charge < -0.3 is 20.4 Å². The zero-order valence-electron chi connectivity index (χ0n) is 22.1. The van der Waals surface area contributed by atoms with E-state index in [1.54, 1.807) is 6.07 Å². The predicted octanol–water partition coefficient (Wildman–Crippen LogP) is 3.31. The number of hydrogen-bond donors (Lipinski definition) is 2. The Balaban J connectivity index is 1.32. The molecule has 11 heteroatoms. The third-order valence-electron chi connectivity index (χ3n) is 7.16. The molecule has 8 nitrogen and oxygen atoms in total. The minimum Gasteiger partial charge on any atom is -0.369 e. The summed E-state index contributed by atoms with van der Waals surface area (Å²) in [7, 11) is 0. The summed E-state index contributed by atoms with van der Waals surface area (Å²) in [5.41, 5.74) is 1.57. The molecule has 2 fully saturated rings. The van der Waals surface area contributed by atoms with Crippen molar-refractivity contribution in [3.8, 4) is 0 Å². The third-order valence-corrected chi connectivity index (χ3v) is 7.16. The first-order valence-corrected chi connectivity index (χ1v) is 13.1. The van der Waals surface area contributed by atoms with Crippen LogP contribution in [0.5, 0.6) is 0 Å². The lowest BCUT2D eigenvalue weighted by Crippen LogP contribution is -2.60. The first kappa shape index (κ1) is 28.4. The van der Waals surface area contributed by atoms with Crippen LogP contribution in [0.2, 0.25) is 0 Å². The number of hydrogen-bond acceptors (Lipinski definition) is 5. The Hall–Kier alpha value is -3.60. The van der Waals surface area contributed by atoms with Gasteiger partial charge in [0.15, 0.2) is 0 Å². The number of carbonyl (C=O) groups excluding carboxylic acids is 3. The van der Waals surface area contributed by atoms with Crippen molar-refractivity contribution in [3.05, 3.63) is 59.7 Å². The van der Waals surface area contributed by atoms with Crippen LogP contribution >= 0.6 is 0 Å². The van der Waals surface area contributed by atoms with Gasteiger partial charge in [0, 0.05) is 50.6 Å². The highest BCUT2D eigenvalue weighted by molar-refractivity contribution is 5.97. The van der Waals surface area contributed by atoms with Crippen LogP contribution in [-0.2, 0) is 20.6 Å². The van der Waals surface area contributed by atoms with Crippen LogP contribution in [0.15, 0.2) is 48.5 Å². The highest BCUT2D eigenvalue weighted by Gasteiger charge is 2.36. The zero-order chi connectivity index (χ0) is 28.2. The highest BCUT2D eigenvalue weighted by atomic mass is 19.4. The lowest BCUT2D eigenvalue weighted by atomic mass is 10.0. The molecule has 0 unspecified atom stereocenters. The Labute approximate surface area is 226 Å². The van der Waals surface area contributed by atoms with E-state index in [0.29, 0.717) is 56.6 Å². The molecular weight excluding hydrogens is 511 g/mol. The molecule has 0 spiro atoms. The van der Waals surface area contributed by atoms with E-state index in [1.165, 1.54) is 11.0 Å². The first-order chi connectivity index (χ1) is 18.5. The quantitative estimate of drug-likeness (QED) is 0.558. The summed E-state index contributed by atoms with van der Waals surface area (Å²) in [6.07, 6.45) is -4.57. The van der Waals surface area contributed by atoms with E-state index in [0.717, 1.165) is 17.7 Å². The Morgan fingerprint density at radius 2 is 1.72 bits per heavy atom. The van der Waals surface area contributed by atoms with Gasteiger partial charge in [0.25, 0.3) is 0 Å². The van der Waals surface area contributed by atoms with E-state index in [1.807, 2.05) is 34.1 Å². The van der Waals surface area contributed by atoms with Crippen LogP contribution in [0, 0.1) is 0 Å². The number of amides is 3. The lowest BCUT2D eigenvalue weighted by Gasteiger charge is -2.39. The second-order valence-electron chi connectivity index (χ2n) is 10.2. The van der Waals surface area contributed by atoms with Gasteiger partial charge in [-0.1, -0.05) is 32.0 Å². The van der Waals surface area contributed by atoms with Crippen molar-refractivity contribution in [2.45, 2.75) is 38.4 Å². The van der Waals surface area contributed by atoms with E-state index in [-0.39, 0.29) is 30.7 Å². The van der Waals surface area contributed by atoms with Crippen molar-refractivity contribution in [2.24, 2.45) is 0 Å². The molecule has 2 saturated heterocycles. The Kier molecular flexibility index (Phi) is 8.79. The summed E-state index contributed by atoms with van der Waals surface area (Å²) in [5, 5.41) is 5.54. The average Bonchev–Trinajstić information content (AvgIpc) is 2.90. The molecule has 210 valence electrons. The van der Waals surface area contributed by atoms with E-state index < -0.39 is 17.8 Å². The maximum atomic E-state index is 13.2. The summed E-state index contributed by atoms with van der Waals surface area (Å²) in [6.45, 7) is 6.75. The molecular formula is C28H34F3N5O3. The number of halogens is 3. The molecule has 2 aliphatic rings. The monoisotopic (exact) mass is 545 g/mol. The van der Waals surface area contributed by atoms with E-state index in [2.05, 4.69) is 24.5 Å². The predicted molar refractivity (Wildman–Crippen MR) is 142 cm³/mol. The van der Waals surface area contributed by atoms with Gasteiger partial charge in [-0.2, -0.15) is 13.2 Å². The number of piperazine rings is 2. The molecule has 0 saturated carbocycles. The normalized spacial score (nSPS) is 18.7. The van der Waals surface area contributed by atoms with E-state index >= 15 is 0 Å². The number of anilines is 2. The second-order valence-corrected chi connectivity index (χ2v) is 10.2. The van der Waals surface area contributed by atoms with Crippen molar-refractivity contribution in [3.63, 3.8) is 0 Å². The Morgan fingerprint density at radius 3 is 2.36 bits per heavy atom. The van der Waals surface area contributed by atoms with Crippen LogP contribution < -0.4 is 15.5 Å². The molecule has 0 bridgehead atoms. The van der Waals surface area contributed by atoms with Crippen molar-refractivity contribution in [1.29, 1.82) is 0 Å². The Morgan fingerprint density at radius 1 is 1.03 bits per heavy atom. The van der Waals surface area contributed by atoms with Crippen LogP contribution in [-0.4, -0.2) is 79.4 Å².